The number of benzene rings is 2. The van der Waals surface area contributed by atoms with E-state index < -0.39 is 46.8 Å². The van der Waals surface area contributed by atoms with Gasteiger partial charge in [0.2, 0.25) is 0 Å². The Morgan fingerprint density at radius 1 is 1.21 bits per heavy atom. The minimum absolute atomic E-state index is 0.0329. The molecule has 1 amide bonds. The highest BCUT2D eigenvalue weighted by Gasteiger charge is 2.20. The second-order valence-electron chi connectivity index (χ2n) is 5.67. The number of hydrogen-bond donors (Lipinski definition) is 1. The third-order valence-electron chi connectivity index (χ3n) is 3.75. The molecule has 2 aromatic carbocycles. The lowest BCUT2D eigenvalue weighted by atomic mass is 10.1. The molecule has 0 saturated carbocycles. The highest BCUT2D eigenvalue weighted by Crippen LogP contribution is 2.27. The minimum Gasteiger partial charge on any atom is -0.490 e. The normalized spacial score (nSPS) is 11.4. The number of nitro benzene ring substituents is 1. The Labute approximate surface area is 158 Å². The maximum absolute atomic E-state index is 13.7. The van der Waals surface area contributed by atoms with Gasteiger partial charge in [-0.05, 0) is 25.1 Å². The molecule has 8 nitrogen and oxygen atoms in total. The molecule has 10 heteroatoms. The number of esters is 1. The van der Waals surface area contributed by atoms with Crippen molar-refractivity contribution in [1.29, 1.82) is 0 Å². The molecule has 1 N–H and O–H groups in total. The summed E-state index contributed by atoms with van der Waals surface area (Å²) in [5.41, 5.74) is -0.508. The molecule has 0 aliphatic heterocycles. The predicted molar refractivity (Wildman–Crippen MR) is 92.8 cm³/mol. The van der Waals surface area contributed by atoms with Crippen molar-refractivity contribution in [2.45, 2.75) is 13.0 Å². The summed E-state index contributed by atoms with van der Waals surface area (Å²) in [5, 5.41) is 13.4. The van der Waals surface area contributed by atoms with E-state index in [1.165, 1.54) is 32.2 Å². The van der Waals surface area contributed by atoms with E-state index in [2.05, 4.69) is 5.32 Å². The van der Waals surface area contributed by atoms with Crippen LogP contribution in [-0.4, -0.2) is 30.5 Å². The smallest absolute Gasteiger partial charge is 0.338 e. The fraction of sp³-hybridized carbons (Fsp3) is 0.222. The van der Waals surface area contributed by atoms with Crippen LogP contribution in [0, 0.1) is 21.7 Å². The molecule has 0 aromatic heterocycles. The Morgan fingerprint density at radius 2 is 1.93 bits per heavy atom. The molecule has 0 bridgehead atoms. The molecule has 148 valence electrons. The van der Waals surface area contributed by atoms with Gasteiger partial charge in [-0.3, -0.25) is 14.9 Å². The maximum Gasteiger partial charge on any atom is 0.338 e. The number of amides is 1. The largest absolute Gasteiger partial charge is 0.490 e. The zero-order valence-corrected chi connectivity index (χ0v) is 14.9. The molecule has 0 radical (unpaired) electrons. The van der Waals surface area contributed by atoms with Crippen LogP contribution in [0.2, 0.25) is 0 Å². The first-order valence-corrected chi connectivity index (χ1v) is 7.96. The molecule has 0 saturated heterocycles. The highest BCUT2D eigenvalue weighted by atomic mass is 19.1. The van der Waals surface area contributed by atoms with Crippen molar-refractivity contribution in [3.8, 4) is 5.75 Å². The average molecular weight is 394 g/mol. The molecule has 1 atom stereocenters. The fourth-order valence-corrected chi connectivity index (χ4v) is 2.39. The van der Waals surface area contributed by atoms with Crippen LogP contribution < -0.4 is 10.1 Å². The fourth-order valence-electron chi connectivity index (χ4n) is 2.39. The summed E-state index contributed by atoms with van der Waals surface area (Å²) in [5.74, 6) is -3.29. The predicted octanol–water partition coefficient (Wildman–Crippen LogP) is 2.92. The van der Waals surface area contributed by atoms with E-state index in [1.54, 1.807) is 0 Å². The van der Waals surface area contributed by atoms with Crippen LogP contribution in [0.1, 0.15) is 28.9 Å². The number of hydrogen-bond acceptors (Lipinski definition) is 6. The van der Waals surface area contributed by atoms with Gasteiger partial charge >= 0.3 is 11.7 Å². The first kappa shape index (κ1) is 20.7. The number of ether oxygens (including phenoxy) is 2. The number of nitrogens with zero attached hydrogens (tertiary/aromatic N) is 1. The van der Waals surface area contributed by atoms with Gasteiger partial charge in [-0.25, -0.2) is 13.6 Å². The molecular formula is C18H16F2N2O6. The number of methoxy groups -OCH3 is 1. The van der Waals surface area contributed by atoms with Crippen molar-refractivity contribution in [1.82, 2.24) is 5.32 Å². The SMILES string of the molecule is COc1ccc(C(=O)OCC(=O)N[C@H](C)c2ccc(F)cc2F)cc1[N+](=O)[O-]. The minimum atomic E-state index is -0.957. The summed E-state index contributed by atoms with van der Waals surface area (Å²) in [6.07, 6.45) is 0. The highest BCUT2D eigenvalue weighted by molar-refractivity contribution is 5.92. The standard InChI is InChI=1S/C18H16F2N2O6/c1-10(13-5-4-12(19)8-14(13)20)21-17(23)9-28-18(24)11-3-6-16(27-2)15(7-11)22(25)26/h3-8,10H,9H2,1-2H3,(H,21,23)/t10-/m1/s1. The summed E-state index contributed by atoms with van der Waals surface area (Å²) >= 11 is 0. The van der Waals surface area contributed by atoms with Crippen LogP contribution in [0.4, 0.5) is 14.5 Å². The second-order valence-corrected chi connectivity index (χ2v) is 5.67. The summed E-state index contributed by atoms with van der Waals surface area (Å²) in [6.45, 7) is 0.786. The number of carbonyl (C=O) groups is 2. The molecule has 0 aliphatic carbocycles. The Bertz CT molecular complexity index is 919. The topological polar surface area (TPSA) is 108 Å². The lowest BCUT2D eigenvalue weighted by molar-refractivity contribution is -0.385. The van der Waals surface area contributed by atoms with E-state index in [1.807, 2.05) is 0 Å². The van der Waals surface area contributed by atoms with Gasteiger partial charge in [0, 0.05) is 17.7 Å². The van der Waals surface area contributed by atoms with Gasteiger partial charge in [0.05, 0.1) is 23.6 Å². The lowest BCUT2D eigenvalue weighted by Gasteiger charge is -2.15. The molecule has 0 aliphatic rings. The molecule has 2 aromatic rings. The van der Waals surface area contributed by atoms with Crippen molar-refractivity contribution in [3.63, 3.8) is 0 Å². The molecule has 0 heterocycles. The van der Waals surface area contributed by atoms with Gasteiger partial charge in [-0.15, -0.1) is 0 Å². The maximum atomic E-state index is 13.7. The summed E-state index contributed by atoms with van der Waals surface area (Å²) in [6, 6.07) is 5.59. The van der Waals surface area contributed by atoms with Gasteiger partial charge in [0.15, 0.2) is 12.4 Å². The molecule has 0 unspecified atom stereocenters. The summed E-state index contributed by atoms with van der Waals surface area (Å²) < 4.78 is 36.3. The zero-order chi connectivity index (χ0) is 20.8. The van der Waals surface area contributed by atoms with Crippen molar-refractivity contribution >= 4 is 17.6 Å². The number of halogens is 2. The van der Waals surface area contributed by atoms with Crippen LogP contribution in [-0.2, 0) is 9.53 Å². The second kappa shape index (κ2) is 8.89. The van der Waals surface area contributed by atoms with Crippen molar-refractivity contribution in [2.75, 3.05) is 13.7 Å². The van der Waals surface area contributed by atoms with E-state index in [4.69, 9.17) is 9.47 Å². The third kappa shape index (κ3) is 5.00. The van der Waals surface area contributed by atoms with Gasteiger partial charge in [0.1, 0.15) is 11.6 Å². The van der Waals surface area contributed by atoms with Crippen LogP contribution in [0.25, 0.3) is 0 Å². The Hall–Kier alpha value is -3.56. The Morgan fingerprint density at radius 3 is 2.54 bits per heavy atom. The number of rotatable bonds is 7. The van der Waals surface area contributed by atoms with Crippen molar-refractivity contribution in [2.24, 2.45) is 0 Å². The molecule has 0 spiro atoms. The lowest BCUT2D eigenvalue weighted by Crippen LogP contribution is -2.31. The Balaban J connectivity index is 1.98. The van der Waals surface area contributed by atoms with E-state index in [0.717, 1.165) is 12.1 Å². The summed E-state index contributed by atoms with van der Waals surface area (Å²) in [7, 11) is 1.25. The van der Waals surface area contributed by atoms with E-state index >= 15 is 0 Å². The molecule has 0 fully saturated rings. The average Bonchev–Trinajstić information content (AvgIpc) is 2.65. The van der Waals surface area contributed by atoms with Crippen molar-refractivity contribution in [3.05, 3.63) is 69.3 Å². The third-order valence-corrected chi connectivity index (χ3v) is 3.75. The first-order valence-electron chi connectivity index (χ1n) is 7.96. The molecular weight excluding hydrogens is 378 g/mol. The van der Waals surface area contributed by atoms with Gasteiger partial charge < -0.3 is 14.8 Å². The number of nitrogens with one attached hydrogen (secondary N) is 1. The monoisotopic (exact) mass is 394 g/mol. The van der Waals surface area contributed by atoms with Gasteiger partial charge in [-0.2, -0.15) is 0 Å². The van der Waals surface area contributed by atoms with Crippen molar-refractivity contribution < 1.29 is 32.8 Å². The summed E-state index contributed by atoms with van der Waals surface area (Å²) in [4.78, 5) is 34.2. The van der Waals surface area contributed by atoms with Crippen LogP contribution >= 0.6 is 0 Å². The van der Waals surface area contributed by atoms with Crippen LogP contribution in [0.3, 0.4) is 0 Å². The quantitative estimate of drug-likeness (QED) is 0.440. The van der Waals surface area contributed by atoms with E-state index in [0.29, 0.717) is 6.07 Å². The van der Waals surface area contributed by atoms with Crippen LogP contribution in [0.5, 0.6) is 5.75 Å². The molecule has 28 heavy (non-hydrogen) atoms. The van der Waals surface area contributed by atoms with E-state index in [9.17, 15) is 28.5 Å². The van der Waals surface area contributed by atoms with E-state index in [-0.39, 0.29) is 16.9 Å². The first-order chi connectivity index (χ1) is 13.2. The van der Waals surface area contributed by atoms with Gasteiger partial charge in [-0.1, -0.05) is 6.07 Å². The van der Waals surface area contributed by atoms with Gasteiger partial charge in [0.25, 0.3) is 5.91 Å². The molecule has 2 rings (SSSR count). The number of nitro groups is 1. The van der Waals surface area contributed by atoms with Crippen LogP contribution in [0.15, 0.2) is 36.4 Å². The zero-order valence-electron chi connectivity index (χ0n) is 14.9. The Kier molecular flexibility index (Phi) is 6.59. The number of carbonyl (C=O) groups excluding carboxylic acids is 2.